The van der Waals surface area contributed by atoms with E-state index in [4.69, 9.17) is 0 Å². The summed E-state index contributed by atoms with van der Waals surface area (Å²) in [5.41, 5.74) is 0.865. The number of halogens is 1. The lowest BCUT2D eigenvalue weighted by molar-refractivity contribution is 0.300. The quantitative estimate of drug-likeness (QED) is 0.558. The van der Waals surface area contributed by atoms with Crippen molar-refractivity contribution in [2.45, 2.75) is 44.6 Å². The van der Waals surface area contributed by atoms with E-state index >= 15 is 0 Å². The molecule has 2 rings (SSSR count). The summed E-state index contributed by atoms with van der Waals surface area (Å²) in [5.74, 6) is 0. The van der Waals surface area contributed by atoms with E-state index in [1.807, 2.05) is 0 Å². The van der Waals surface area contributed by atoms with Crippen molar-refractivity contribution >= 4 is 22.9 Å². The molecule has 0 bridgehead atoms. The molecule has 0 aromatic rings. The fraction of sp³-hybridized carbons (Fsp3) is 1.00. The topological polar surface area (TPSA) is 12.0 Å². The van der Waals surface area contributed by atoms with Gasteiger partial charge in [-0.2, -0.15) is 0 Å². The first-order valence-corrected chi connectivity index (χ1v) is 5.29. The highest BCUT2D eigenvalue weighted by molar-refractivity contribution is 14.1. The van der Waals surface area contributed by atoms with Crippen LogP contribution >= 0.6 is 22.9 Å². The molecule has 1 N–H and O–H groups in total. The summed E-state index contributed by atoms with van der Waals surface area (Å²) in [4.78, 5) is 0. The van der Waals surface area contributed by atoms with E-state index in [0.717, 1.165) is 11.5 Å². The Bertz CT molecular complexity index is 121. The van der Waals surface area contributed by atoms with Crippen LogP contribution in [0.3, 0.4) is 0 Å². The SMILES string of the molecule is INC1CCC2(CC1)CC2. The monoisotopic (exact) mass is 251 g/mol. The maximum atomic E-state index is 3.34. The zero-order valence-corrected chi connectivity index (χ0v) is 8.36. The zero-order chi connectivity index (χ0) is 7.03. The smallest absolute Gasteiger partial charge is 0.0172 e. The molecule has 58 valence electrons. The molecular formula is C8H14IN. The lowest BCUT2D eigenvalue weighted by Crippen LogP contribution is -2.27. The molecule has 0 atom stereocenters. The summed E-state index contributed by atoms with van der Waals surface area (Å²) in [7, 11) is 0. The van der Waals surface area contributed by atoms with Crippen LogP contribution in [0.1, 0.15) is 38.5 Å². The van der Waals surface area contributed by atoms with Gasteiger partial charge in [0.05, 0.1) is 0 Å². The predicted octanol–water partition coefficient (Wildman–Crippen LogP) is 2.65. The molecule has 0 aromatic carbocycles. The molecule has 0 heterocycles. The molecule has 0 unspecified atom stereocenters. The Morgan fingerprint density at radius 3 is 2.10 bits per heavy atom. The lowest BCUT2D eigenvalue weighted by atomic mass is 9.84. The van der Waals surface area contributed by atoms with Gasteiger partial charge in [0.1, 0.15) is 0 Å². The average Bonchev–Trinajstić information content (AvgIpc) is 2.72. The van der Waals surface area contributed by atoms with E-state index in [1.54, 1.807) is 0 Å². The Morgan fingerprint density at radius 1 is 1.10 bits per heavy atom. The Kier molecular flexibility index (Phi) is 1.93. The summed E-state index contributed by atoms with van der Waals surface area (Å²) >= 11 is 2.29. The van der Waals surface area contributed by atoms with Gasteiger partial charge < -0.3 is 0 Å². The van der Waals surface area contributed by atoms with Crippen molar-refractivity contribution in [1.29, 1.82) is 0 Å². The Balaban J connectivity index is 1.84. The van der Waals surface area contributed by atoms with Crippen molar-refractivity contribution in [2.24, 2.45) is 5.41 Å². The molecule has 1 spiro atoms. The van der Waals surface area contributed by atoms with Crippen LogP contribution in [0, 0.1) is 5.41 Å². The van der Waals surface area contributed by atoms with E-state index < -0.39 is 0 Å². The fourth-order valence-corrected chi connectivity index (χ4v) is 2.64. The maximum absolute atomic E-state index is 3.34. The van der Waals surface area contributed by atoms with Gasteiger partial charge in [0.25, 0.3) is 0 Å². The van der Waals surface area contributed by atoms with Crippen LogP contribution in [-0.4, -0.2) is 6.04 Å². The van der Waals surface area contributed by atoms with Crippen LogP contribution in [0.2, 0.25) is 0 Å². The maximum Gasteiger partial charge on any atom is 0.0172 e. The second-order valence-electron chi connectivity index (χ2n) is 3.88. The molecular weight excluding hydrogens is 237 g/mol. The fourth-order valence-electron chi connectivity index (χ4n) is 2.02. The van der Waals surface area contributed by atoms with Crippen LogP contribution in [0.4, 0.5) is 0 Å². The number of rotatable bonds is 1. The number of hydrogen-bond donors (Lipinski definition) is 1. The molecule has 1 nitrogen and oxygen atoms in total. The molecule has 2 fully saturated rings. The second-order valence-corrected chi connectivity index (χ2v) is 4.51. The molecule has 2 saturated carbocycles. The van der Waals surface area contributed by atoms with Gasteiger partial charge in [-0.1, -0.05) is 0 Å². The summed E-state index contributed by atoms with van der Waals surface area (Å²) < 4.78 is 3.34. The predicted molar refractivity (Wildman–Crippen MR) is 51.1 cm³/mol. The molecule has 0 aromatic heterocycles. The Hall–Kier alpha value is 0.690. The van der Waals surface area contributed by atoms with Crippen molar-refractivity contribution in [1.82, 2.24) is 3.53 Å². The van der Waals surface area contributed by atoms with Crippen LogP contribution in [0.25, 0.3) is 0 Å². The third kappa shape index (κ3) is 1.33. The highest BCUT2D eigenvalue weighted by Gasteiger charge is 2.44. The zero-order valence-electron chi connectivity index (χ0n) is 6.20. The third-order valence-corrected chi connectivity index (χ3v) is 4.04. The average molecular weight is 251 g/mol. The van der Waals surface area contributed by atoms with Crippen molar-refractivity contribution in [3.8, 4) is 0 Å². The number of nitrogens with one attached hydrogen (secondary N) is 1. The second kappa shape index (κ2) is 2.63. The molecule has 2 aliphatic carbocycles. The minimum absolute atomic E-state index is 0.826. The first-order valence-electron chi connectivity index (χ1n) is 4.21. The van der Waals surface area contributed by atoms with E-state index in [0.29, 0.717) is 0 Å². The van der Waals surface area contributed by atoms with E-state index in [2.05, 4.69) is 26.4 Å². The van der Waals surface area contributed by atoms with Crippen molar-refractivity contribution < 1.29 is 0 Å². The van der Waals surface area contributed by atoms with Gasteiger partial charge in [-0.05, 0) is 43.9 Å². The molecule has 10 heavy (non-hydrogen) atoms. The van der Waals surface area contributed by atoms with Gasteiger partial charge >= 0.3 is 0 Å². The molecule has 2 aliphatic rings. The van der Waals surface area contributed by atoms with Crippen LogP contribution in [-0.2, 0) is 0 Å². The standard InChI is InChI=1S/C8H14IN/c9-10-7-1-3-8(4-2-7)5-6-8/h7,10H,1-6H2. The molecule has 2 heteroatoms. The largest absolute Gasteiger partial charge is 0.258 e. The van der Waals surface area contributed by atoms with Crippen molar-refractivity contribution in [3.63, 3.8) is 0 Å². The summed E-state index contributed by atoms with van der Waals surface area (Å²) in [6, 6.07) is 0.826. The number of hydrogen-bond acceptors (Lipinski definition) is 1. The Morgan fingerprint density at radius 2 is 1.70 bits per heavy atom. The minimum Gasteiger partial charge on any atom is -0.258 e. The van der Waals surface area contributed by atoms with E-state index in [-0.39, 0.29) is 0 Å². The van der Waals surface area contributed by atoms with Gasteiger partial charge in [-0.25, -0.2) is 0 Å². The summed E-state index contributed by atoms with van der Waals surface area (Å²) in [5, 5.41) is 0. The first kappa shape index (κ1) is 7.35. The van der Waals surface area contributed by atoms with Gasteiger partial charge in [0, 0.05) is 28.9 Å². The summed E-state index contributed by atoms with van der Waals surface area (Å²) in [6.07, 6.45) is 8.88. The normalized spacial score (nSPS) is 30.9. The first-order chi connectivity index (χ1) is 4.85. The highest BCUT2D eigenvalue weighted by atomic mass is 127. The molecule has 0 saturated heterocycles. The van der Waals surface area contributed by atoms with E-state index in [9.17, 15) is 0 Å². The minimum atomic E-state index is 0.826. The van der Waals surface area contributed by atoms with Crippen molar-refractivity contribution in [3.05, 3.63) is 0 Å². The third-order valence-electron chi connectivity index (χ3n) is 3.16. The van der Waals surface area contributed by atoms with Crippen molar-refractivity contribution in [2.75, 3.05) is 0 Å². The van der Waals surface area contributed by atoms with Gasteiger partial charge in [-0.15, -0.1) is 0 Å². The van der Waals surface area contributed by atoms with E-state index in [1.165, 1.54) is 38.5 Å². The van der Waals surface area contributed by atoms with Crippen LogP contribution in [0.5, 0.6) is 0 Å². The van der Waals surface area contributed by atoms with Gasteiger partial charge in [0.15, 0.2) is 0 Å². The summed E-state index contributed by atoms with van der Waals surface area (Å²) in [6.45, 7) is 0. The van der Waals surface area contributed by atoms with Crippen LogP contribution < -0.4 is 3.53 Å². The lowest BCUT2D eigenvalue weighted by Gasteiger charge is -2.27. The van der Waals surface area contributed by atoms with Crippen LogP contribution in [0.15, 0.2) is 0 Å². The van der Waals surface area contributed by atoms with Gasteiger partial charge in [-0.3, -0.25) is 3.53 Å². The molecule has 0 amide bonds. The van der Waals surface area contributed by atoms with Gasteiger partial charge in [0.2, 0.25) is 0 Å². The molecule has 0 radical (unpaired) electrons. The highest BCUT2D eigenvalue weighted by Crippen LogP contribution is 2.56. The Labute approximate surface area is 76.5 Å². The molecule has 0 aliphatic heterocycles.